The van der Waals surface area contributed by atoms with E-state index in [1.54, 1.807) is 24.3 Å². The summed E-state index contributed by atoms with van der Waals surface area (Å²) in [7, 11) is -3.64. The Morgan fingerprint density at radius 3 is 2.21 bits per heavy atom. The SMILES string of the molecule is CCC(c1ccc(-c2ccc(Oc3ccc(NS(C)(=O)=O)c(C(=O)O)c3)cc2)cc1)c1nc(-c2ccc(Cl)cc2Cl)c[nH]1. The van der Waals surface area contributed by atoms with Gasteiger partial charge in [0.25, 0.3) is 0 Å². The summed E-state index contributed by atoms with van der Waals surface area (Å²) >= 11 is 12.4. The summed E-state index contributed by atoms with van der Waals surface area (Å²) in [5, 5.41) is 10.6. The third-order valence-electron chi connectivity index (χ3n) is 6.80. The first-order valence-corrected chi connectivity index (χ1v) is 15.9. The molecular formula is C32H27Cl2N3O5S. The summed E-state index contributed by atoms with van der Waals surface area (Å²) in [5.41, 5.74) is 4.43. The number of anilines is 1. The molecule has 3 N–H and O–H groups in total. The molecule has 0 fully saturated rings. The second kappa shape index (κ2) is 12.5. The third-order valence-corrected chi connectivity index (χ3v) is 7.93. The second-order valence-electron chi connectivity index (χ2n) is 9.89. The maximum Gasteiger partial charge on any atom is 0.337 e. The number of ether oxygens (including phenoxy) is 1. The normalized spacial score (nSPS) is 12.1. The highest BCUT2D eigenvalue weighted by Crippen LogP contribution is 2.34. The first-order chi connectivity index (χ1) is 20.5. The van der Waals surface area contributed by atoms with Crippen molar-refractivity contribution in [2.75, 3.05) is 11.0 Å². The number of carbonyl (C=O) groups is 1. The number of sulfonamides is 1. The highest BCUT2D eigenvalue weighted by molar-refractivity contribution is 7.92. The number of H-pyrrole nitrogens is 1. The Morgan fingerprint density at radius 1 is 0.953 bits per heavy atom. The van der Waals surface area contributed by atoms with Crippen LogP contribution in [-0.4, -0.2) is 35.7 Å². The van der Waals surface area contributed by atoms with Gasteiger partial charge in [0.05, 0.1) is 28.2 Å². The first-order valence-electron chi connectivity index (χ1n) is 13.2. The molecule has 0 spiro atoms. The van der Waals surface area contributed by atoms with Crippen molar-refractivity contribution in [2.24, 2.45) is 0 Å². The number of benzene rings is 4. The van der Waals surface area contributed by atoms with E-state index in [4.69, 9.17) is 32.9 Å². The third kappa shape index (κ3) is 7.19. The van der Waals surface area contributed by atoms with E-state index in [1.165, 1.54) is 18.2 Å². The number of hydrogen-bond donors (Lipinski definition) is 3. The van der Waals surface area contributed by atoms with Crippen molar-refractivity contribution in [1.82, 2.24) is 9.97 Å². The summed E-state index contributed by atoms with van der Waals surface area (Å²) in [4.78, 5) is 19.8. The van der Waals surface area contributed by atoms with E-state index < -0.39 is 16.0 Å². The molecule has 4 aromatic carbocycles. The van der Waals surface area contributed by atoms with Gasteiger partial charge in [-0.1, -0.05) is 66.5 Å². The lowest BCUT2D eigenvalue weighted by atomic mass is 9.93. The van der Waals surface area contributed by atoms with Crippen LogP contribution in [0.2, 0.25) is 10.0 Å². The smallest absolute Gasteiger partial charge is 0.337 e. The van der Waals surface area contributed by atoms with Crippen LogP contribution < -0.4 is 9.46 Å². The Labute approximate surface area is 259 Å². The van der Waals surface area contributed by atoms with Crippen LogP contribution in [-0.2, 0) is 10.0 Å². The van der Waals surface area contributed by atoms with Crippen molar-refractivity contribution in [1.29, 1.82) is 0 Å². The zero-order chi connectivity index (χ0) is 30.7. The monoisotopic (exact) mass is 635 g/mol. The number of nitrogens with one attached hydrogen (secondary N) is 2. The standard InChI is InChI=1S/C32H27Cl2N3O5S/c1-3-25(31-35-18-30(36-31)26-14-10-22(33)16-28(26)34)21-6-4-19(5-7-21)20-8-11-23(12-9-20)42-24-13-15-29(37-43(2,40)41)27(17-24)32(38)39/h4-18,25,37H,3H2,1-2H3,(H,35,36)(H,38,39). The maximum absolute atomic E-state index is 11.7. The maximum atomic E-state index is 11.7. The molecular weight excluding hydrogens is 609 g/mol. The number of rotatable bonds is 10. The molecule has 220 valence electrons. The van der Waals surface area contributed by atoms with E-state index in [1.807, 2.05) is 24.4 Å². The van der Waals surface area contributed by atoms with Crippen molar-refractivity contribution in [2.45, 2.75) is 19.3 Å². The first kappa shape index (κ1) is 30.2. The topological polar surface area (TPSA) is 121 Å². The molecule has 1 unspecified atom stereocenters. The van der Waals surface area contributed by atoms with E-state index in [0.717, 1.165) is 46.4 Å². The van der Waals surface area contributed by atoms with Crippen LogP contribution in [0.4, 0.5) is 5.69 Å². The van der Waals surface area contributed by atoms with Crippen LogP contribution in [0, 0.1) is 0 Å². The molecule has 0 aliphatic carbocycles. The zero-order valence-electron chi connectivity index (χ0n) is 23.1. The Bertz CT molecular complexity index is 1890. The Balaban J connectivity index is 1.30. The summed E-state index contributed by atoms with van der Waals surface area (Å²) in [6.45, 7) is 2.12. The van der Waals surface area contributed by atoms with E-state index in [-0.39, 0.29) is 22.9 Å². The highest BCUT2D eigenvalue weighted by atomic mass is 35.5. The lowest BCUT2D eigenvalue weighted by Gasteiger charge is -2.14. The molecule has 11 heteroatoms. The van der Waals surface area contributed by atoms with E-state index in [2.05, 4.69) is 40.9 Å². The number of carboxylic acid groups (broad SMARTS) is 1. The van der Waals surface area contributed by atoms with Gasteiger partial charge in [-0.3, -0.25) is 4.72 Å². The number of imidazole rings is 1. The van der Waals surface area contributed by atoms with E-state index >= 15 is 0 Å². The average molecular weight is 637 g/mol. The van der Waals surface area contributed by atoms with Crippen molar-refractivity contribution in [3.05, 3.63) is 118 Å². The van der Waals surface area contributed by atoms with Crippen LogP contribution in [0.5, 0.6) is 11.5 Å². The Morgan fingerprint density at radius 2 is 1.60 bits per heavy atom. The molecule has 0 amide bonds. The summed E-state index contributed by atoms with van der Waals surface area (Å²) < 4.78 is 31.2. The zero-order valence-corrected chi connectivity index (χ0v) is 25.5. The fourth-order valence-electron chi connectivity index (χ4n) is 4.75. The minimum atomic E-state index is -3.64. The Kier molecular flexibility index (Phi) is 8.77. The molecule has 0 aliphatic rings. The molecule has 5 rings (SSSR count). The van der Waals surface area contributed by atoms with Gasteiger partial charge in [0.1, 0.15) is 17.3 Å². The van der Waals surface area contributed by atoms with E-state index in [0.29, 0.717) is 15.8 Å². The minimum absolute atomic E-state index is 0.0371. The van der Waals surface area contributed by atoms with Gasteiger partial charge in [0, 0.05) is 22.7 Å². The summed E-state index contributed by atoms with van der Waals surface area (Å²) in [6.07, 6.45) is 3.66. The van der Waals surface area contributed by atoms with Crippen LogP contribution in [0.15, 0.2) is 91.1 Å². The fraction of sp³-hybridized carbons (Fsp3) is 0.125. The second-order valence-corrected chi connectivity index (χ2v) is 12.5. The predicted molar refractivity (Wildman–Crippen MR) is 170 cm³/mol. The lowest BCUT2D eigenvalue weighted by Crippen LogP contribution is -2.13. The minimum Gasteiger partial charge on any atom is -0.478 e. The van der Waals surface area contributed by atoms with Gasteiger partial charge in [-0.2, -0.15) is 0 Å². The van der Waals surface area contributed by atoms with Gasteiger partial charge in [0.15, 0.2) is 0 Å². The largest absolute Gasteiger partial charge is 0.478 e. The average Bonchev–Trinajstić information content (AvgIpc) is 3.44. The number of nitrogens with zero attached hydrogens (tertiary/aromatic N) is 1. The molecule has 43 heavy (non-hydrogen) atoms. The van der Waals surface area contributed by atoms with Crippen molar-refractivity contribution in [3.63, 3.8) is 0 Å². The fourth-order valence-corrected chi connectivity index (χ4v) is 5.83. The molecule has 8 nitrogen and oxygen atoms in total. The number of aromatic nitrogens is 2. The number of halogens is 2. The van der Waals surface area contributed by atoms with Gasteiger partial charge in [-0.05, 0) is 71.6 Å². The quantitative estimate of drug-likeness (QED) is 0.141. The van der Waals surface area contributed by atoms with Gasteiger partial charge in [0.2, 0.25) is 10.0 Å². The van der Waals surface area contributed by atoms with Crippen LogP contribution in [0.3, 0.4) is 0 Å². The van der Waals surface area contributed by atoms with Gasteiger partial charge < -0.3 is 14.8 Å². The predicted octanol–water partition coefficient (Wildman–Crippen LogP) is 8.45. The molecule has 1 atom stereocenters. The van der Waals surface area contributed by atoms with E-state index in [9.17, 15) is 18.3 Å². The van der Waals surface area contributed by atoms with Gasteiger partial charge in [-0.25, -0.2) is 18.2 Å². The number of aromatic carboxylic acids is 1. The molecule has 0 radical (unpaired) electrons. The summed E-state index contributed by atoms with van der Waals surface area (Å²) in [6, 6.07) is 25.2. The molecule has 0 bridgehead atoms. The lowest BCUT2D eigenvalue weighted by molar-refractivity contribution is 0.0697. The molecule has 1 heterocycles. The molecule has 0 saturated heterocycles. The number of carboxylic acids is 1. The highest BCUT2D eigenvalue weighted by Gasteiger charge is 2.18. The number of hydrogen-bond acceptors (Lipinski definition) is 5. The van der Waals surface area contributed by atoms with Gasteiger partial charge >= 0.3 is 5.97 Å². The van der Waals surface area contributed by atoms with Crippen molar-refractivity contribution < 1.29 is 23.1 Å². The van der Waals surface area contributed by atoms with Crippen LogP contribution in [0.25, 0.3) is 22.4 Å². The van der Waals surface area contributed by atoms with Crippen LogP contribution >= 0.6 is 23.2 Å². The van der Waals surface area contributed by atoms with Crippen molar-refractivity contribution in [3.8, 4) is 33.9 Å². The van der Waals surface area contributed by atoms with Crippen molar-refractivity contribution >= 4 is 44.9 Å². The molecule has 5 aromatic rings. The van der Waals surface area contributed by atoms with Gasteiger partial charge in [-0.15, -0.1) is 0 Å². The molecule has 0 aliphatic heterocycles. The Hall–Kier alpha value is -4.31. The number of aromatic amines is 1. The molecule has 1 aromatic heterocycles. The molecule has 0 saturated carbocycles. The van der Waals surface area contributed by atoms with Crippen LogP contribution in [0.1, 0.15) is 41.0 Å². The summed E-state index contributed by atoms with van der Waals surface area (Å²) in [5.74, 6) is 0.405.